The summed E-state index contributed by atoms with van der Waals surface area (Å²) in [5.41, 5.74) is 13.5. The Morgan fingerprint density at radius 2 is 1.96 bits per heavy atom. The maximum absolute atomic E-state index is 12.7. The summed E-state index contributed by atoms with van der Waals surface area (Å²) in [6, 6.07) is 10.5. The molecular weight excluding hydrogens is 348 g/mol. The van der Waals surface area contributed by atoms with E-state index in [4.69, 9.17) is 11.5 Å². The van der Waals surface area contributed by atoms with Crippen molar-refractivity contribution in [3.63, 3.8) is 0 Å². The van der Waals surface area contributed by atoms with Gasteiger partial charge in [0.25, 0.3) is 11.8 Å². The molecule has 2 amide bonds. The van der Waals surface area contributed by atoms with E-state index in [1.807, 2.05) is 12.1 Å². The summed E-state index contributed by atoms with van der Waals surface area (Å²) < 4.78 is 0. The maximum atomic E-state index is 12.7. The van der Waals surface area contributed by atoms with Gasteiger partial charge >= 0.3 is 0 Å². The van der Waals surface area contributed by atoms with E-state index in [1.165, 1.54) is 11.3 Å². The first-order valence-electron chi connectivity index (χ1n) is 8.39. The number of para-hydroxylation sites is 1. The molecule has 0 saturated heterocycles. The van der Waals surface area contributed by atoms with Crippen molar-refractivity contribution in [2.75, 3.05) is 11.1 Å². The second-order valence-corrected chi connectivity index (χ2v) is 6.97. The van der Waals surface area contributed by atoms with E-state index in [0.29, 0.717) is 16.3 Å². The van der Waals surface area contributed by atoms with Crippen LogP contribution in [0.1, 0.15) is 45.5 Å². The number of pyridine rings is 1. The summed E-state index contributed by atoms with van der Waals surface area (Å²) in [6.45, 7) is 2.13. The number of aromatic nitrogens is 1. The molecule has 1 aromatic carbocycles. The van der Waals surface area contributed by atoms with Crippen molar-refractivity contribution < 1.29 is 9.59 Å². The Kier molecular flexibility index (Phi) is 5.18. The third-order valence-corrected chi connectivity index (χ3v) is 5.20. The number of primary amides is 1. The van der Waals surface area contributed by atoms with Crippen molar-refractivity contribution in [2.24, 2.45) is 5.73 Å². The van der Waals surface area contributed by atoms with Crippen molar-refractivity contribution in [1.29, 1.82) is 0 Å². The van der Waals surface area contributed by atoms with Gasteiger partial charge in [-0.05, 0) is 37.1 Å². The van der Waals surface area contributed by atoms with E-state index in [-0.39, 0.29) is 11.5 Å². The first-order valence-corrected chi connectivity index (χ1v) is 9.21. The second-order valence-electron chi connectivity index (χ2n) is 5.97. The van der Waals surface area contributed by atoms with Gasteiger partial charge in [0.1, 0.15) is 9.71 Å². The molecule has 0 aliphatic heterocycles. The van der Waals surface area contributed by atoms with Gasteiger partial charge in [-0.2, -0.15) is 0 Å². The van der Waals surface area contributed by atoms with E-state index in [0.717, 1.165) is 35.2 Å². The number of aryl methyl sites for hydroxylation is 1. The number of hydrogen-bond acceptors (Lipinski definition) is 5. The largest absolute Gasteiger partial charge is 0.397 e. The predicted octanol–water partition coefficient (Wildman–Crippen LogP) is 3.57. The van der Waals surface area contributed by atoms with E-state index >= 15 is 0 Å². The fourth-order valence-corrected chi connectivity index (χ4v) is 3.70. The summed E-state index contributed by atoms with van der Waals surface area (Å²) >= 11 is 1.25. The minimum Gasteiger partial charge on any atom is -0.397 e. The highest BCUT2D eigenvalue weighted by Gasteiger charge is 2.19. The fourth-order valence-electron chi connectivity index (χ4n) is 2.69. The van der Waals surface area contributed by atoms with Gasteiger partial charge < -0.3 is 16.8 Å². The second kappa shape index (κ2) is 7.53. The molecule has 2 aromatic heterocycles. The minimum absolute atomic E-state index is 0.250. The highest BCUT2D eigenvalue weighted by Crippen LogP contribution is 2.33. The molecule has 6 nitrogen and oxygen atoms in total. The van der Waals surface area contributed by atoms with Gasteiger partial charge in [-0.15, -0.1) is 11.3 Å². The van der Waals surface area contributed by atoms with Gasteiger partial charge in [-0.1, -0.05) is 25.5 Å². The topological polar surface area (TPSA) is 111 Å². The van der Waals surface area contributed by atoms with Crippen molar-refractivity contribution in [1.82, 2.24) is 4.98 Å². The normalized spacial score (nSPS) is 10.8. The molecule has 0 radical (unpaired) electrons. The molecule has 5 N–H and O–H groups in total. The zero-order valence-electron chi connectivity index (χ0n) is 14.4. The molecule has 0 bridgehead atoms. The average molecular weight is 368 g/mol. The predicted molar refractivity (Wildman–Crippen MR) is 106 cm³/mol. The zero-order chi connectivity index (χ0) is 18.7. The first-order chi connectivity index (χ1) is 12.5. The Labute approximate surface area is 155 Å². The summed E-state index contributed by atoms with van der Waals surface area (Å²) in [5, 5.41) is 3.49. The van der Waals surface area contributed by atoms with E-state index in [2.05, 4.69) is 17.2 Å². The lowest BCUT2D eigenvalue weighted by Gasteiger charge is -2.08. The molecule has 0 aliphatic carbocycles. The molecular formula is C19H20N4O2S. The molecule has 0 fully saturated rings. The fraction of sp³-hybridized carbons (Fsp3) is 0.211. The van der Waals surface area contributed by atoms with Gasteiger partial charge in [0.05, 0.1) is 16.9 Å². The highest BCUT2D eigenvalue weighted by atomic mass is 32.1. The van der Waals surface area contributed by atoms with Crippen LogP contribution in [0.15, 0.2) is 36.4 Å². The summed E-state index contributed by atoms with van der Waals surface area (Å²) in [5.74, 6) is -0.984. The molecule has 3 aromatic rings. The van der Waals surface area contributed by atoms with Crippen LogP contribution in [0.5, 0.6) is 0 Å². The molecule has 0 atom stereocenters. The van der Waals surface area contributed by atoms with E-state index in [9.17, 15) is 9.59 Å². The Morgan fingerprint density at radius 3 is 2.69 bits per heavy atom. The highest BCUT2D eigenvalue weighted by molar-refractivity contribution is 7.21. The molecule has 0 spiro atoms. The number of carbonyl (C=O) groups excluding carboxylic acids is 2. The van der Waals surface area contributed by atoms with Crippen LogP contribution in [0.25, 0.3) is 10.2 Å². The van der Waals surface area contributed by atoms with Gasteiger partial charge in [-0.3, -0.25) is 9.59 Å². The molecule has 0 saturated carbocycles. The molecule has 7 heteroatoms. The van der Waals surface area contributed by atoms with Crippen LogP contribution in [-0.4, -0.2) is 16.8 Å². The standard InChI is InChI=1S/C19H20N4O2S/c1-2-3-6-11-9-10-13-15(20)16(26-19(13)22-11)18(25)23-14-8-5-4-7-12(14)17(21)24/h4-5,7-10H,2-3,6,20H2,1H3,(H2,21,24)(H,23,25). The smallest absolute Gasteiger partial charge is 0.267 e. The van der Waals surface area contributed by atoms with Crippen LogP contribution in [0.3, 0.4) is 0 Å². The van der Waals surface area contributed by atoms with Gasteiger partial charge in [0, 0.05) is 11.1 Å². The quantitative estimate of drug-likeness (QED) is 0.617. The Morgan fingerprint density at radius 1 is 1.19 bits per heavy atom. The molecule has 2 heterocycles. The molecule has 26 heavy (non-hydrogen) atoms. The van der Waals surface area contributed by atoms with Gasteiger partial charge in [-0.25, -0.2) is 4.98 Å². The number of benzene rings is 1. The molecule has 3 rings (SSSR count). The van der Waals surface area contributed by atoms with Crippen LogP contribution in [0, 0.1) is 0 Å². The summed E-state index contributed by atoms with van der Waals surface area (Å²) in [7, 11) is 0. The average Bonchev–Trinajstić information content (AvgIpc) is 2.96. The molecule has 0 unspecified atom stereocenters. The lowest BCUT2D eigenvalue weighted by atomic mass is 10.1. The number of fused-ring (bicyclic) bond motifs is 1. The SMILES string of the molecule is CCCCc1ccc2c(N)c(C(=O)Nc3ccccc3C(N)=O)sc2n1. The maximum Gasteiger partial charge on any atom is 0.267 e. The molecule has 0 aliphatic rings. The van der Waals surface area contributed by atoms with Crippen molar-refractivity contribution >= 4 is 44.7 Å². The number of hydrogen-bond donors (Lipinski definition) is 3. The number of carbonyl (C=O) groups is 2. The number of nitrogen functional groups attached to an aromatic ring is 1. The summed E-state index contributed by atoms with van der Waals surface area (Å²) in [4.78, 5) is 29.9. The monoisotopic (exact) mass is 368 g/mol. The van der Waals surface area contributed by atoms with Crippen LogP contribution >= 0.6 is 11.3 Å². The number of rotatable bonds is 6. The minimum atomic E-state index is -0.604. The van der Waals surface area contributed by atoms with E-state index in [1.54, 1.807) is 24.3 Å². The Balaban J connectivity index is 1.91. The van der Waals surface area contributed by atoms with Crippen LogP contribution in [0.2, 0.25) is 0 Å². The van der Waals surface area contributed by atoms with Gasteiger partial charge in [0.2, 0.25) is 0 Å². The van der Waals surface area contributed by atoms with Crippen molar-refractivity contribution in [3.8, 4) is 0 Å². The Hall–Kier alpha value is -2.93. The van der Waals surface area contributed by atoms with Crippen molar-refractivity contribution in [2.45, 2.75) is 26.2 Å². The number of amides is 2. The van der Waals surface area contributed by atoms with E-state index < -0.39 is 5.91 Å². The third kappa shape index (κ3) is 3.52. The zero-order valence-corrected chi connectivity index (χ0v) is 15.2. The molecule has 134 valence electrons. The lowest BCUT2D eigenvalue weighted by Crippen LogP contribution is -2.18. The number of thiophene rings is 1. The van der Waals surface area contributed by atoms with Crippen LogP contribution in [0.4, 0.5) is 11.4 Å². The van der Waals surface area contributed by atoms with Crippen LogP contribution < -0.4 is 16.8 Å². The number of nitrogens with one attached hydrogen (secondary N) is 1. The van der Waals surface area contributed by atoms with Crippen molar-refractivity contribution in [3.05, 3.63) is 52.5 Å². The number of anilines is 2. The van der Waals surface area contributed by atoms with Crippen LogP contribution in [-0.2, 0) is 6.42 Å². The first kappa shape index (κ1) is 17.9. The number of nitrogens with two attached hydrogens (primary N) is 2. The lowest BCUT2D eigenvalue weighted by molar-refractivity contribution is 0.100. The Bertz CT molecular complexity index is 981. The number of nitrogens with zero attached hydrogens (tertiary/aromatic N) is 1. The number of unbranched alkanes of at least 4 members (excludes halogenated alkanes) is 1. The third-order valence-electron chi connectivity index (χ3n) is 4.08. The van der Waals surface area contributed by atoms with Gasteiger partial charge in [0.15, 0.2) is 0 Å². The summed E-state index contributed by atoms with van der Waals surface area (Å²) in [6.07, 6.45) is 3.06.